The number of nitrogen functional groups attached to an aromatic ring is 1. The summed E-state index contributed by atoms with van der Waals surface area (Å²) in [6.07, 6.45) is 0.987. The van der Waals surface area contributed by atoms with E-state index in [4.69, 9.17) is 5.73 Å². The van der Waals surface area contributed by atoms with Gasteiger partial charge < -0.3 is 10.6 Å². The van der Waals surface area contributed by atoms with Crippen molar-refractivity contribution in [2.75, 3.05) is 35.2 Å². The lowest BCUT2D eigenvalue weighted by Crippen LogP contribution is -2.41. The van der Waals surface area contributed by atoms with Crippen LogP contribution >= 0.6 is 0 Å². The van der Waals surface area contributed by atoms with E-state index in [1.807, 2.05) is 0 Å². The third-order valence-electron chi connectivity index (χ3n) is 2.39. The number of anilines is 2. The Hall–Kier alpha value is -1.44. The fourth-order valence-corrected chi connectivity index (χ4v) is 2.72. The summed E-state index contributed by atoms with van der Waals surface area (Å²) in [5.41, 5.74) is 5.35. The van der Waals surface area contributed by atoms with Gasteiger partial charge in [-0.3, -0.25) is 0 Å². The van der Waals surface area contributed by atoms with Crippen LogP contribution in [-0.4, -0.2) is 43.0 Å². The Morgan fingerprint density at radius 3 is 2.62 bits per heavy atom. The second-order valence-electron chi connectivity index (χ2n) is 3.54. The van der Waals surface area contributed by atoms with Gasteiger partial charge in [0.05, 0.1) is 17.7 Å². The summed E-state index contributed by atoms with van der Waals surface area (Å²) >= 11 is 0. The van der Waals surface area contributed by atoms with Crippen molar-refractivity contribution in [3.63, 3.8) is 0 Å². The SMILES string of the molecule is Nc1ncc(F)c(N2CCS(=O)(=O)CC2)n1. The lowest BCUT2D eigenvalue weighted by Gasteiger charge is -2.27. The Bertz CT molecular complexity index is 491. The average Bonchev–Trinajstić information content (AvgIpc) is 2.22. The lowest BCUT2D eigenvalue weighted by molar-refractivity contribution is 0.578. The van der Waals surface area contributed by atoms with Gasteiger partial charge in [0.2, 0.25) is 5.95 Å². The highest BCUT2D eigenvalue weighted by molar-refractivity contribution is 7.91. The smallest absolute Gasteiger partial charge is 0.222 e. The van der Waals surface area contributed by atoms with Gasteiger partial charge >= 0.3 is 0 Å². The Balaban J connectivity index is 2.23. The molecule has 0 spiro atoms. The van der Waals surface area contributed by atoms with E-state index in [1.165, 1.54) is 0 Å². The molecule has 2 rings (SSSR count). The van der Waals surface area contributed by atoms with Gasteiger partial charge in [0.1, 0.15) is 0 Å². The van der Waals surface area contributed by atoms with Gasteiger partial charge in [-0.1, -0.05) is 0 Å². The second-order valence-corrected chi connectivity index (χ2v) is 5.84. The molecule has 1 saturated heterocycles. The molecule has 0 atom stereocenters. The normalized spacial score (nSPS) is 19.7. The molecule has 1 fully saturated rings. The maximum atomic E-state index is 13.4. The first-order chi connectivity index (χ1) is 7.48. The summed E-state index contributed by atoms with van der Waals surface area (Å²) in [6.45, 7) is 0.464. The number of sulfone groups is 1. The molecule has 0 unspecified atom stereocenters. The molecule has 0 saturated carbocycles. The highest BCUT2D eigenvalue weighted by atomic mass is 32.2. The summed E-state index contributed by atoms with van der Waals surface area (Å²) in [7, 11) is -2.99. The second kappa shape index (κ2) is 3.85. The van der Waals surface area contributed by atoms with E-state index in [2.05, 4.69) is 9.97 Å². The van der Waals surface area contributed by atoms with Crippen molar-refractivity contribution in [2.24, 2.45) is 0 Å². The van der Waals surface area contributed by atoms with E-state index in [1.54, 1.807) is 4.90 Å². The summed E-state index contributed by atoms with van der Waals surface area (Å²) < 4.78 is 35.8. The van der Waals surface area contributed by atoms with Crippen LogP contribution in [0.5, 0.6) is 0 Å². The zero-order valence-electron chi connectivity index (χ0n) is 8.43. The van der Waals surface area contributed by atoms with Crippen LogP contribution in [-0.2, 0) is 9.84 Å². The van der Waals surface area contributed by atoms with Gasteiger partial charge in [-0.25, -0.2) is 17.8 Å². The van der Waals surface area contributed by atoms with Gasteiger partial charge in [-0.05, 0) is 0 Å². The fourth-order valence-electron chi connectivity index (χ4n) is 1.52. The molecule has 8 heteroatoms. The maximum Gasteiger partial charge on any atom is 0.222 e. The molecular formula is C8H11FN4O2S. The molecule has 88 valence electrons. The monoisotopic (exact) mass is 246 g/mol. The van der Waals surface area contributed by atoms with Crippen molar-refractivity contribution in [3.05, 3.63) is 12.0 Å². The summed E-state index contributed by atoms with van der Waals surface area (Å²) in [5, 5.41) is 0. The van der Waals surface area contributed by atoms with Crippen LogP contribution in [0.1, 0.15) is 0 Å². The molecule has 0 radical (unpaired) electrons. The zero-order valence-corrected chi connectivity index (χ0v) is 9.24. The highest BCUT2D eigenvalue weighted by Crippen LogP contribution is 2.18. The number of hydrogen-bond donors (Lipinski definition) is 1. The molecule has 0 amide bonds. The molecule has 0 bridgehead atoms. The Labute approximate surface area is 92.2 Å². The van der Waals surface area contributed by atoms with Crippen LogP contribution in [0.3, 0.4) is 0 Å². The molecular weight excluding hydrogens is 235 g/mol. The van der Waals surface area contributed by atoms with Gasteiger partial charge in [0.15, 0.2) is 21.5 Å². The van der Waals surface area contributed by atoms with Crippen LogP contribution in [0.15, 0.2) is 6.20 Å². The van der Waals surface area contributed by atoms with Crippen molar-refractivity contribution >= 4 is 21.6 Å². The molecule has 0 aromatic carbocycles. The van der Waals surface area contributed by atoms with Crippen LogP contribution in [0.2, 0.25) is 0 Å². The van der Waals surface area contributed by atoms with Crippen molar-refractivity contribution in [3.8, 4) is 0 Å². The third kappa shape index (κ3) is 2.21. The Kier molecular flexibility index (Phi) is 2.66. The maximum absolute atomic E-state index is 13.4. The summed E-state index contributed by atoms with van der Waals surface area (Å²) in [6, 6.07) is 0. The number of rotatable bonds is 1. The van der Waals surface area contributed by atoms with Crippen molar-refractivity contribution in [1.82, 2.24) is 9.97 Å². The van der Waals surface area contributed by atoms with E-state index in [9.17, 15) is 12.8 Å². The van der Waals surface area contributed by atoms with E-state index in [0.717, 1.165) is 6.20 Å². The standard InChI is InChI=1S/C8H11FN4O2S/c9-6-5-11-8(10)12-7(6)13-1-3-16(14,15)4-2-13/h5H,1-4H2,(H2,10,11,12). The van der Waals surface area contributed by atoms with E-state index < -0.39 is 15.7 Å². The number of aromatic nitrogens is 2. The number of nitrogens with two attached hydrogens (primary N) is 1. The Morgan fingerprint density at radius 1 is 1.38 bits per heavy atom. The van der Waals surface area contributed by atoms with Crippen molar-refractivity contribution in [1.29, 1.82) is 0 Å². The average molecular weight is 246 g/mol. The molecule has 1 aliphatic heterocycles. The number of nitrogens with zero attached hydrogens (tertiary/aromatic N) is 3. The van der Waals surface area contributed by atoms with Crippen molar-refractivity contribution < 1.29 is 12.8 Å². The van der Waals surface area contributed by atoms with Crippen LogP contribution in [0, 0.1) is 5.82 Å². The largest absolute Gasteiger partial charge is 0.368 e. The van der Waals surface area contributed by atoms with E-state index in [-0.39, 0.29) is 36.4 Å². The van der Waals surface area contributed by atoms with Crippen molar-refractivity contribution in [2.45, 2.75) is 0 Å². The molecule has 1 aromatic rings. The van der Waals surface area contributed by atoms with Gasteiger partial charge in [0, 0.05) is 13.1 Å². The minimum Gasteiger partial charge on any atom is -0.368 e. The third-order valence-corrected chi connectivity index (χ3v) is 4.00. The molecule has 0 aliphatic carbocycles. The molecule has 1 aromatic heterocycles. The van der Waals surface area contributed by atoms with Crippen LogP contribution in [0.4, 0.5) is 16.2 Å². The van der Waals surface area contributed by atoms with Crippen LogP contribution in [0.25, 0.3) is 0 Å². The fraction of sp³-hybridized carbons (Fsp3) is 0.500. The first kappa shape index (κ1) is 11.1. The zero-order chi connectivity index (χ0) is 11.8. The minimum atomic E-state index is -2.99. The van der Waals surface area contributed by atoms with E-state index >= 15 is 0 Å². The lowest BCUT2D eigenvalue weighted by atomic mass is 10.4. The minimum absolute atomic E-state index is 0.0103. The molecule has 2 N–H and O–H groups in total. The molecule has 16 heavy (non-hydrogen) atoms. The molecule has 2 heterocycles. The summed E-state index contributed by atoms with van der Waals surface area (Å²) in [4.78, 5) is 8.84. The first-order valence-corrected chi connectivity index (χ1v) is 6.53. The molecule has 6 nitrogen and oxygen atoms in total. The molecule has 1 aliphatic rings. The van der Waals surface area contributed by atoms with Crippen LogP contribution < -0.4 is 10.6 Å². The quantitative estimate of drug-likeness (QED) is 0.714. The first-order valence-electron chi connectivity index (χ1n) is 4.71. The van der Waals surface area contributed by atoms with Gasteiger partial charge in [-0.15, -0.1) is 0 Å². The Morgan fingerprint density at radius 2 is 2.00 bits per heavy atom. The topological polar surface area (TPSA) is 89.2 Å². The summed E-state index contributed by atoms with van der Waals surface area (Å²) in [5.74, 6) is -0.520. The van der Waals surface area contributed by atoms with Gasteiger partial charge in [0.25, 0.3) is 0 Å². The number of halogens is 1. The van der Waals surface area contributed by atoms with E-state index in [0.29, 0.717) is 0 Å². The predicted octanol–water partition coefficient (Wildman–Crippen LogP) is -0.567. The number of hydrogen-bond acceptors (Lipinski definition) is 6. The predicted molar refractivity (Wildman–Crippen MR) is 57.3 cm³/mol. The highest BCUT2D eigenvalue weighted by Gasteiger charge is 2.24. The van der Waals surface area contributed by atoms with Gasteiger partial charge in [-0.2, -0.15) is 4.98 Å².